The van der Waals surface area contributed by atoms with Gasteiger partial charge in [0.1, 0.15) is 11.6 Å². The van der Waals surface area contributed by atoms with E-state index in [1.807, 2.05) is 0 Å². The highest BCUT2D eigenvalue weighted by molar-refractivity contribution is 9.10. The summed E-state index contributed by atoms with van der Waals surface area (Å²) in [6.07, 6.45) is 0.883. The topological polar surface area (TPSA) is 81.7 Å². The SMILES string of the molecule is C=CCC(NC(=O)OC(C)(C)C)C(=O)OCC(=O)c1ccccc1Br. The third-order valence-corrected chi connectivity index (χ3v) is 3.59. The number of carbonyl (C=O) groups is 3. The number of ketones is 1. The molecule has 1 unspecified atom stereocenters. The first kappa shape index (κ1) is 20.9. The van der Waals surface area contributed by atoms with E-state index in [2.05, 4.69) is 27.8 Å². The Labute approximate surface area is 155 Å². The summed E-state index contributed by atoms with van der Waals surface area (Å²) >= 11 is 3.27. The molecule has 0 radical (unpaired) electrons. The van der Waals surface area contributed by atoms with Crippen molar-refractivity contribution in [3.63, 3.8) is 0 Å². The monoisotopic (exact) mass is 411 g/mol. The first-order valence-corrected chi connectivity index (χ1v) is 8.48. The number of hydrogen-bond acceptors (Lipinski definition) is 5. The Morgan fingerprint density at radius 3 is 2.48 bits per heavy atom. The molecule has 0 aliphatic heterocycles. The van der Waals surface area contributed by atoms with Crippen molar-refractivity contribution in [1.29, 1.82) is 0 Å². The molecule has 0 aromatic heterocycles. The van der Waals surface area contributed by atoms with E-state index < -0.39 is 30.3 Å². The first-order valence-electron chi connectivity index (χ1n) is 7.69. The number of rotatable bonds is 7. The highest BCUT2D eigenvalue weighted by Crippen LogP contribution is 2.16. The molecule has 0 heterocycles. The van der Waals surface area contributed by atoms with Crippen molar-refractivity contribution in [1.82, 2.24) is 5.32 Å². The lowest BCUT2D eigenvalue weighted by molar-refractivity contribution is -0.144. The molecule has 1 amide bonds. The van der Waals surface area contributed by atoms with Crippen LogP contribution in [0.5, 0.6) is 0 Å². The van der Waals surface area contributed by atoms with Crippen LogP contribution in [0.15, 0.2) is 41.4 Å². The summed E-state index contributed by atoms with van der Waals surface area (Å²) in [7, 11) is 0. The second-order valence-electron chi connectivity index (χ2n) is 6.23. The van der Waals surface area contributed by atoms with Gasteiger partial charge in [-0.3, -0.25) is 4.79 Å². The van der Waals surface area contributed by atoms with Crippen molar-refractivity contribution in [2.45, 2.75) is 38.8 Å². The Hall–Kier alpha value is -2.15. The lowest BCUT2D eigenvalue weighted by atomic mass is 10.1. The summed E-state index contributed by atoms with van der Waals surface area (Å²) < 4.78 is 10.8. The lowest BCUT2D eigenvalue weighted by Gasteiger charge is -2.22. The van der Waals surface area contributed by atoms with Crippen molar-refractivity contribution in [3.05, 3.63) is 47.0 Å². The van der Waals surface area contributed by atoms with Crippen molar-refractivity contribution < 1.29 is 23.9 Å². The van der Waals surface area contributed by atoms with Crippen molar-refractivity contribution in [2.75, 3.05) is 6.61 Å². The highest BCUT2D eigenvalue weighted by atomic mass is 79.9. The Kier molecular flexibility index (Phi) is 7.83. The third-order valence-electron chi connectivity index (χ3n) is 2.90. The maximum absolute atomic E-state index is 12.2. The average molecular weight is 412 g/mol. The summed E-state index contributed by atoms with van der Waals surface area (Å²) in [6, 6.07) is 5.86. The van der Waals surface area contributed by atoms with Gasteiger partial charge < -0.3 is 14.8 Å². The molecule has 6 nitrogen and oxygen atoms in total. The van der Waals surface area contributed by atoms with E-state index in [0.29, 0.717) is 10.0 Å². The Morgan fingerprint density at radius 1 is 1.28 bits per heavy atom. The highest BCUT2D eigenvalue weighted by Gasteiger charge is 2.25. The van der Waals surface area contributed by atoms with Gasteiger partial charge in [-0.15, -0.1) is 6.58 Å². The van der Waals surface area contributed by atoms with Crippen LogP contribution in [0.25, 0.3) is 0 Å². The minimum atomic E-state index is -0.973. The maximum Gasteiger partial charge on any atom is 0.408 e. The van der Waals surface area contributed by atoms with Gasteiger partial charge in [-0.05, 0) is 33.3 Å². The molecule has 136 valence electrons. The second-order valence-corrected chi connectivity index (χ2v) is 7.09. The average Bonchev–Trinajstić information content (AvgIpc) is 2.50. The summed E-state index contributed by atoms with van der Waals surface area (Å²) in [5, 5.41) is 2.42. The number of hydrogen-bond donors (Lipinski definition) is 1. The van der Waals surface area contributed by atoms with Crippen molar-refractivity contribution >= 4 is 33.8 Å². The van der Waals surface area contributed by atoms with Crippen LogP contribution in [0.4, 0.5) is 4.79 Å². The first-order chi connectivity index (χ1) is 11.6. The van der Waals surface area contributed by atoms with Crippen LogP contribution in [-0.2, 0) is 14.3 Å². The molecule has 7 heteroatoms. The van der Waals surface area contributed by atoms with E-state index in [1.165, 1.54) is 6.08 Å². The van der Waals surface area contributed by atoms with E-state index in [9.17, 15) is 14.4 Å². The van der Waals surface area contributed by atoms with Crippen LogP contribution < -0.4 is 5.32 Å². The van der Waals surface area contributed by atoms with E-state index >= 15 is 0 Å². The van der Waals surface area contributed by atoms with Gasteiger partial charge >= 0.3 is 12.1 Å². The summed E-state index contributed by atoms with van der Waals surface area (Å²) in [5.41, 5.74) is -0.280. The molecule has 0 bridgehead atoms. The normalized spacial score (nSPS) is 12.0. The zero-order valence-corrected chi connectivity index (χ0v) is 16.1. The molecule has 0 saturated carbocycles. The fourth-order valence-corrected chi connectivity index (χ4v) is 2.34. The third kappa shape index (κ3) is 7.51. The molecule has 1 aromatic rings. The number of esters is 1. The largest absolute Gasteiger partial charge is 0.456 e. The predicted octanol–water partition coefficient (Wildman–Crippen LogP) is 3.64. The van der Waals surface area contributed by atoms with E-state index in [1.54, 1.807) is 45.0 Å². The molecule has 1 rings (SSSR count). The molecule has 0 fully saturated rings. The molecule has 1 N–H and O–H groups in total. The molecule has 0 saturated heterocycles. The smallest absolute Gasteiger partial charge is 0.408 e. The number of nitrogens with one attached hydrogen (secondary N) is 1. The number of benzene rings is 1. The number of halogens is 1. The number of ether oxygens (including phenoxy) is 2. The van der Waals surface area contributed by atoms with E-state index in [0.717, 1.165) is 0 Å². The van der Waals surface area contributed by atoms with Crippen molar-refractivity contribution in [3.8, 4) is 0 Å². The Bertz CT molecular complexity index is 651. The molecular weight excluding hydrogens is 390 g/mol. The quantitative estimate of drug-likeness (QED) is 0.420. The van der Waals surface area contributed by atoms with Crippen LogP contribution in [0.1, 0.15) is 37.6 Å². The van der Waals surface area contributed by atoms with Gasteiger partial charge in [-0.25, -0.2) is 9.59 Å². The van der Waals surface area contributed by atoms with Crippen LogP contribution in [-0.4, -0.2) is 36.1 Å². The van der Waals surface area contributed by atoms with Gasteiger partial charge in [-0.2, -0.15) is 0 Å². The summed E-state index contributed by atoms with van der Waals surface area (Å²) in [5.74, 6) is -1.08. The fourth-order valence-electron chi connectivity index (χ4n) is 1.83. The van der Waals surface area contributed by atoms with Crippen LogP contribution in [0, 0.1) is 0 Å². The molecule has 0 aliphatic rings. The van der Waals surface area contributed by atoms with Crippen LogP contribution in [0.2, 0.25) is 0 Å². The van der Waals surface area contributed by atoms with Gasteiger partial charge in [0, 0.05) is 10.0 Å². The summed E-state index contributed by atoms with van der Waals surface area (Å²) in [4.78, 5) is 36.1. The second kappa shape index (κ2) is 9.36. The molecule has 1 atom stereocenters. The van der Waals surface area contributed by atoms with Crippen LogP contribution in [0.3, 0.4) is 0 Å². The van der Waals surface area contributed by atoms with Crippen molar-refractivity contribution in [2.24, 2.45) is 0 Å². The predicted molar refractivity (Wildman–Crippen MR) is 97.4 cm³/mol. The Balaban J connectivity index is 2.64. The number of Topliss-reactive ketones (excluding diaryl/α,β-unsaturated/α-hetero) is 1. The number of carbonyl (C=O) groups excluding carboxylic acids is 3. The standard InChI is InChI=1S/C18H22BrNO5/c1-5-8-14(20-17(23)25-18(2,3)4)16(22)24-11-15(21)12-9-6-7-10-13(12)19/h5-7,9-10,14H,1,8,11H2,2-4H3,(H,20,23). The Morgan fingerprint density at radius 2 is 1.92 bits per heavy atom. The fraction of sp³-hybridized carbons (Fsp3) is 0.389. The molecule has 25 heavy (non-hydrogen) atoms. The minimum absolute atomic E-state index is 0.154. The molecule has 0 spiro atoms. The van der Waals surface area contributed by atoms with Gasteiger partial charge in [0.15, 0.2) is 6.61 Å². The molecular formula is C18H22BrNO5. The van der Waals surface area contributed by atoms with Gasteiger partial charge in [-0.1, -0.05) is 40.2 Å². The van der Waals surface area contributed by atoms with E-state index in [-0.39, 0.29) is 12.2 Å². The summed E-state index contributed by atoms with van der Waals surface area (Å²) in [6.45, 7) is 8.26. The zero-order valence-electron chi connectivity index (χ0n) is 14.5. The maximum atomic E-state index is 12.2. The number of alkyl carbamates (subject to hydrolysis) is 1. The lowest BCUT2D eigenvalue weighted by Crippen LogP contribution is -2.44. The van der Waals surface area contributed by atoms with Crippen LogP contribution >= 0.6 is 15.9 Å². The molecule has 1 aromatic carbocycles. The van der Waals surface area contributed by atoms with Gasteiger partial charge in [0.25, 0.3) is 0 Å². The van der Waals surface area contributed by atoms with Gasteiger partial charge in [0.05, 0.1) is 0 Å². The number of amides is 1. The van der Waals surface area contributed by atoms with Gasteiger partial charge in [0.2, 0.25) is 5.78 Å². The zero-order chi connectivity index (χ0) is 19.0. The van der Waals surface area contributed by atoms with E-state index in [4.69, 9.17) is 9.47 Å². The minimum Gasteiger partial charge on any atom is -0.456 e. The molecule has 0 aliphatic carbocycles.